The maximum absolute atomic E-state index is 12.8. The van der Waals surface area contributed by atoms with Crippen LogP contribution in [-0.4, -0.2) is 42.6 Å². The highest BCUT2D eigenvalue weighted by atomic mass is 127. The number of ether oxygens (including phenoxy) is 1. The van der Waals surface area contributed by atoms with Crippen molar-refractivity contribution >= 4 is 95.7 Å². The summed E-state index contributed by atoms with van der Waals surface area (Å²) in [6.07, 6.45) is 0.940. The van der Waals surface area contributed by atoms with E-state index in [2.05, 4.69) is 4.74 Å². The largest absolute Gasteiger partial charge is 0.743 e. The first kappa shape index (κ1) is 24.6. The van der Waals surface area contributed by atoms with E-state index in [1.165, 1.54) is 6.07 Å². The van der Waals surface area contributed by atoms with Crippen LogP contribution in [0.4, 0.5) is 8.78 Å². The van der Waals surface area contributed by atoms with Crippen LogP contribution in [0.5, 0.6) is 0 Å². The number of esters is 1. The van der Waals surface area contributed by atoms with Crippen LogP contribution in [0.2, 0.25) is 0 Å². The number of halogens is 5. The van der Waals surface area contributed by atoms with Crippen molar-refractivity contribution in [3.05, 3.63) is 40.6 Å². The molecule has 0 saturated heterocycles. The standard InChI is InChI=1S/C13H8F2I3NO7S/c14-13(15,27(23,24)25)5-26-10(21)2-1-9(20)19-12(22)7-3-6(16)4-8(17)11(7)18/h1-4H,5H2,(H,19,20,22)(H,23,24,25)/p-1/b2-1+. The first-order valence-electron chi connectivity index (χ1n) is 6.42. The number of nitrogens with one attached hydrogen (secondary N) is 1. The first-order valence-corrected chi connectivity index (χ1v) is 11.1. The van der Waals surface area contributed by atoms with Gasteiger partial charge in [0.25, 0.3) is 11.8 Å². The van der Waals surface area contributed by atoms with Crippen LogP contribution in [0.3, 0.4) is 0 Å². The molecule has 1 aromatic carbocycles. The molecule has 1 rings (SSSR count). The third-order valence-electron chi connectivity index (χ3n) is 2.59. The molecule has 0 spiro atoms. The number of benzene rings is 1. The molecule has 1 N–H and O–H groups in total. The highest BCUT2D eigenvalue weighted by molar-refractivity contribution is 14.1. The summed E-state index contributed by atoms with van der Waals surface area (Å²) in [6.45, 7) is -2.00. The van der Waals surface area contributed by atoms with Crippen LogP contribution in [0.25, 0.3) is 0 Å². The maximum Gasteiger partial charge on any atom is 0.367 e. The number of rotatable bonds is 6. The molecule has 0 unspecified atom stereocenters. The normalized spacial score (nSPS) is 12.1. The number of hydrogen-bond donors (Lipinski definition) is 1. The van der Waals surface area contributed by atoms with Crippen LogP contribution >= 0.6 is 67.8 Å². The predicted octanol–water partition coefficient (Wildman–Crippen LogP) is 1.99. The van der Waals surface area contributed by atoms with E-state index < -0.39 is 39.8 Å². The lowest BCUT2D eigenvalue weighted by atomic mass is 10.2. The Labute approximate surface area is 192 Å². The van der Waals surface area contributed by atoms with Crippen molar-refractivity contribution in [2.24, 2.45) is 0 Å². The first-order chi connectivity index (χ1) is 12.2. The highest BCUT2D eigenvalue weighted by Gasteiger charge is 2.39. The molecule has 0 bridgehead atoms. The van der Waals surface area contributed by atoms with Crippen molar-refractivity contribution in [1.82, 2.24) is 5.32 Å². The smallest absolute Gasteiger partial charge is 0.367 e. The molecule has 0 aliphatic heterocycles. The number of hydrogen-bond acceptors (Lipinski definition) is 7. The van der Waals surface area contributed by atoms with Gasteiger partial charge in [0.1, 0.15) is 0 Å². The van der Waals surface area contributed by atoms with Crippen LogP contribution in [0.15, 0.2) is 24.3 Å². The second-order valence-corrected chi connectivity index (χ2v) is 9.59. The lowest BCUT2D eigenvalue weighted by molar-refractivity contribution is -0.143. The van der Waals surface area contributed by atoms with Gasteiger partial charge >= 0.3 is 11.2 Å². The molecule has 0 heterocycles. The molecule has 8 nitrogen and oxygen atoms in total. The number of carbonyl (C=O) groups excluding carboxylic acids is 3. The van der Waals surface area contributed by atoms with Crippen molar-refractivity contribution in [2.45, 2.75) is 5.25 Å². The van der Waals surface area contributed by atoms with Gasteiger partial charge in [0, 0.05) is 22.9 Å². The summed E-state index contributed by atoms with van der Waals surface area (Å²) in [4.78, 5) is 35.0. The fraction of sp³-hybridized carbons (Fsp3) is 0.154. The minimum atomic E-state index is -6.00. The van der Waals surface area contributed by atoms with Gasteiger partial charge in [-0.2, -0.15) is 8.78 Å². The van der Waals surface area contributed by atoms with Gasteiger partial charge in [0.15, 0.2) is 16.7 Å². The van der Waals surface area contributed by atoms with E-state index in [1.54, 1.807) is 0 Å². The highest BCUT2D eigenvalue weighted by Crippen LogP contribution is 2.23. The number of amides is 2. The van der Waals surface area contributed by atoms with E-state index in [-0.39, 0.29) is 5.56 Å². The van der Waals surface area contributed by atoms with E-state index in [4.69, 9.17) is 0 Å². The molecule has 0 aromatic heterocycles. The third kappa shape index (κ3) is 7.46. The quantitative estimate of drug-likeness (QED) is 0.156. The Balaban J connectivity index is 2.69. The van der Waals surface area contributed by atoms with Gasteiger partial charge in [-0.05, 0) is 79.9 Å². The Kier molecular flexibility index (Phi) is 8.95. The molecular formula is C13H7F2I3NO7S-. The minimum absolute atomic E-state index is 0.219. The summed E-state index contributed by atoms with van der Waals surface area (Å²) in [7, 11) is -6.00. The Morgan fingerprint density at radius 1 is 1.19 bits per heavy atom. The summed E-state index contributed by atoms with van der Waals surface area (Å²) >= 11 is 5.92. The van der Waals surface area contributed by atoms with Gasteiger partial charge in [-0.1, -0.05) is 0 Å². The fourth-order valence-electron chi connectivity index (χ4n) is 1.36. The molecule has 27 heavy (non-hydrogen) atoms. The number of carbonyl (C=O) groups is 3. The molecule has 0 saturated carbocycles. The van der Waals surface area contributed by atoms with Crippen molar-refractivity contribution in [3.8, 4) is 0 Å². The lowest BCUT2D eigenvalue weighted by Crippen LogP contribution is -2.34. The molecule has 0 aliphatic rings. The Morgan fingerprint density at radius 3 is 2.33 bits per heavy atom. The van der Waals surface area contributed by atoms with Crippen LogP contribution in [0, 0.1) is 10.7 Å². The average molecular weight is 740 g/mol. The Morgan fingerprint density at radius 2 is 1.78 bits per heavy atom. The third-order valence-corrected chi connectivity index (χ3v) is 7.11. The van der Waals surface area contributed by atoms with Crippen LogP contribution in [0.1, 0.15) is 10.4 Å². The van der Waals surface area contributed by atoms with E-state index in [1.807, 2.05) is 79.2 Å². The summed E-state index contributed by atoms with van der Waals surface area (Å²) in [5.41, 5.74) is 0.219. The van der Waals surface area contributed by atoms with E-state index in [9.17, 15) is 36.1 Å². The van der Waals surface area contributed by atoms with E-state index in [0.29, 0.717) is 15.7 Å². The monoisotopic (exact) mass is 740 g/mol. The summed E-state index contributed by atoms with van der Waals surface area (Å²) < 4.78 is 62.4. The van der Waals surface area contributed by atoms with Gasteiger partial charge in [-0.15, -0.1) is 0 Å². The topological polar surface area (TPSA) is 130 Å². The number of imide groups is 1. The molecule has 148 valence electrons. The van der Waals surface area contributed by atoms with Gasteiger partial charge in [-0.25, -0.2) is 13.2 Å². The SMILES string of the molecule is O=C(/C=C/C(=O)OCC(F)(F)S(=O)(=O)[O-])NC(=O)c1cc(I)cc(I)c1I. The van der Waals surface area contributed by atoms with Gasteiger partial charge in [0.05, 0.1) is 5.56 Å². The zero-order chi connectivity index (χ0) is 21.0. The Bertz CT molecular complexity index is 919. The molecule has 0 radical (unpaired) electrons. The predicted molar refractivity (Wildman–Crippen MR) is 112 cm³/mol. The van der Waals surface area contributed by atoms with Gasteiger partial charge in [0.2, 0.25) is 0 Å². The Hall–Kier alpha value is -0.470. The minimum Gasteiger partial charge on any atom is -0.743 e. The molecular weight excluding hydrogens is 733 g/mol. The zero-order valence-electron chi connectivity index (χ0n) is 12.7. The number of alkyl halides is 2. The van der Waals surface area contributed by atoms with Gasteiger partial charge < -0.3 is 9.29 Å². The van der Waals surface area contributed by atoms with Crippen LogP contribution in [-0.2, 0) is 24.4 Å². The second-order valence-electron chi connectivity index (χ2n) is 4.60. The molecule has 2 amide bonds. The molecule has 1 aromatic rings. The van der Waals surface area contributed by atoms with Crippen molar-refractivity contribution < 1.29 is 40.9 Å². The summed E-state index contributed by atoms with van der Waals surface area (Å²) in [6, 6.07) is 3.35. The van der Waals surface area contributed by atoms with Crippen molar-refractivity contribution in [2.75, 3.05) is 6.61 Å². The lowest BCUT2D eigenvalue weighted by Gasteiger charge is -2.18. The van der Waals surface area contributed by atoms with E-state index in [0.717, 1.165) is 7.14 Å². The van der Waals surface area contributed by atoms with Crippen LogP contribution < -0.4 is 5.32 Å². The maximum atomic E-state index is 12.8. The average Bonchev–Trinajstić information content (AvgIpc) is 2.53. The second kappa shape index (κ2) is 9.83. The molecule has 0 aliphatic carbocycles. The molecule has 0 fully saturated rings. The summed E-state index contributed by atoms with van der Waals surface area (Å²) in [5, 5.41) is -2.83. The van der Waals surface area contributed by atoms with E-state index >= 15 is 0 Å². The fourth-order valence-corrected chi connectivity index (χ4v) is 3.97. The molecule has 14 heteroatoms. The summed E-state index contributed by atoms with van der Waals surface area (Å²) in [5.74, 6) is -3.29. The van der Waals surface area contributed by atoms with Gasteiger partial charge in [-0.3, -0.25) is 14.9 Å². The molecule has 0 atom stereocenters. The van der Waals surface area contributed by atoms with Crippen molar-refractivity contribution in [3.63, 3.8) is 0 Å². The van der Waals surface area contributed by atoms with Crippen molar-refractivity contribution in [1.29, 1.82) is 0 Å². The zero-order valence-corrected chi connectivity index (χ0v) is 20.0.